The number of halogens is 1. The molecule has 8 heteroatoms. The van der Waals surface area contributed by atoms with E-state index in [1.807, 2.05) is 22.9 Å². The molecule has 31 heavy (non-hydrogen) atoms. The molecule has 1 N–H and O–H groups in total. The molecule has 7 nitrogen and oxygen atoms in total. The van der Waals surface area contributed by atoms with Crippen LogP contribution in [0.4, 0.5) is 4.39 Å². The van der Waals surface area contributed by atoms with E-state index in [-0.39, 0.29) is 30.4 Å². The first kappa shape index (κ1) is 20.2. The van der Waals surface area contributed by atoms with Gasteiger partial charge in [0.25, 0.3) is 11.5 Å². The fourth-order valence-electron chi connectivity index (χ4n) is 3.11. The van der Waals surface area contributed by atoms with Gasteiger partial charge in [0.2, 0.25) is 0 Å². The van der Waals surface area contributed by atoms with Crippen molar-refractivity contribution < 1.29 is 9.18 Å². The summed E-state index contributed by atoms with van der Waals surface area (Å²) in [6.45, 7) is 1.15. The van der Waals surface area contributed by atoms with Crippen LogP contribution in [0, 0.1) is 5.82 Å². The Balaban J connectivity index is 1.35. The summed E-state index contributed by atoms with van der Waals surface area (Å²) in [7, 11) is 0. The summed E-state index contributed by atoms with van der Waals surface area (Å²) in [4.78, 5) is 28.5. The van der Waals surface area contributed by atoms with Crippen molar-refractivity contribution in [2.75, 3.05) is 6.54 Å². The average Bonchev–Trinajstić information content (AvgIpc) is 3.29. The summed E-state index contributed by atoms with van der Waals surface area (Å²) < 4.78 is 16.3. The predicted molar refractivity (Wildman–Crippen MR) is 114 cm³/mol. The van der Waals surface area contributed by atoms with Crippen LogP contribution in [0.2, 0.25) is 0 Å². The zero-order valence-corrected chi connectivity index (χ0v) is 16.6. The molecule has 4 aromatic rings. The number of hydrogen-bond acceptors (Lipinski definition) is 4. The molecule has 4 rings (SSSR count). The lowest BCUT2D eigenvalue weighted by atomic mass is 10.1. The maximum absolute atomic E-state index is 13.1. The fourth-order valence-corrected chi connectivity index (χ4v) is 3.11. The molecule has 0 unspecified atom stereocenters. The van der Waals surface area contributed by atoms with E-state index in [0.29, 0.717) is 23.4 Å². The maximum atomic E-state index is 13.1. The second-order valence-electron chi connectivity index (χ2n) is 6.97. The summed E-state index contributed by atoms with van der Waals surface area (Å²) in [5, 5.41) is 7.11. The van der Waals surface area contributed by atoms with Crippen LogP contribution in [0.3, 0.4) is 0 Å². The van der Waals surface area contributed by atoms with Crippen molar-refractivity contribution in [3.63, 3.8) is 0 Å². The van der Waals surface area contributed by atoms with Crippen LogP contribution in [0.25, 0.3) is 11.3 Å². The van der Waals surface area contributed by atoms with Gasteiger partial charge in [-0.05, 0) is 48.0 Å². The number of carbonyl (C=O) groups is 1. The Morgan fingerprint density at radius 1 is 1.00 bits per heavy atom. The van der Waals surface area contributed by atoms with E-state index >= 15 is 0 Å². The number of rotatable bonds is 7. The van der Waals surface area contributed by atoms with Gasteiger partial charge in [0.1, 0.15) is 5.82 Å². The van der Waals surface area contributed by atoms with Gasteiger partial charge in [-0.2, -0.15) is 5.10 Å². The van der Waals surface area contributed by atoms with Crippen molar-refractivity contribution in [1.29, 1.82) is 0 Å². The third-order valence-electron chi connectivity index (χ3n) is 4.76. The molecule has 2 heterocycles. The monoisotopic (exact) mass is 417 g/mol. The van der Waals surface area contributed by atoms with Crippen molar-refractivity contribution in [2.45, 2.75) is 13.1 Å². The Bertz CT molecular complexity index is 1220. The van der Waals surface area contributed by atoms with E-state index < -0.39 is 0 Å². The lowest BCUT2D eigenvalue weighted by Crippen LogP contribution is -2.31. The van der Waals surface area contributed by atoms with E-state index in [0.717, 1.165) is 5.56 Å². The van der Waals surface area contributed by atoms with Gasteiger partial charge in [0, 0.05) is 42.7 Å². The lowest BCUT2D eigenvalue weighted by Gasteiger charge is -2.09. The van der Waals surface area contributed by atoms with Gasteiger partial charge in [-0.3, -0.25) is 9.59 Å². The van der Waals surface area contributed by atoms with Crippen LogP contribution in [-0.2, 0) is 13.1 Å². The predicted octanol–water partition coefficient (Wildman–Crippen LogP) is 2.72. The normalized spacial score (nSPS) is 10.7. The van der Waals surface area contributed by atoms with Crippen molar-refractivity contribution in [3.8, 4) is 11.3 Å². The molecule has 0 fully saturated rings. The van der Waals surface area contributed by atoms with Gasteiger partial charge < -0.3 is 9.88 Å². The van der Waals surface area contributed by atoms with Crippen LogP contribution >= 0.6 is 0 Å². The number of imidazole rings is 1. The molecule has 156 valence electrons. The highest BCUT2D eigenvalue weighted by molar-refractivity contribution is 5.94. The number of amides is 1. The molecule has 0 radical (unpaired) electrons. The number of nitrogens with one attached hydrogen (secondary N) is 1. The molecule has 0 saturated heterocycles. The fraction of sp³-hybridized carbons (Fsp3) is 0.130. The Hall–Kier alpha value is -4.07. The van der Waals surface area contributed by atoms with Crippen molar-refractivity contribution in [1.82, 2.24) is 24.6 Å². The molecule has 0 saturated carbocycles. The zero-order valence-electron chi connectivity index (χ0n) is 16.6. The first-order chi connectivity index (χ1) is 15.1. The number of aromatic nitrogens is 4. The molecular weight excluding hydrogens is 397 g/mol. The molecule has 2 aromatic heterocycles. The van der Waals surface area contributed by atoms with Crippen LogP contribution < -0.4 is 10.9 Å². The van der Waals surface area contributed by atoms with E-state index in [1.165, 1.54) is 22.9 Å². The Morgan fingerprint density at radius 2 is 1.77 bits per heavy atom. The largest absolute Gasteiger partial charge is 0.350 e. The topological polar surface area (TPSA) is 81.8 Å². The van der Waals surface area contributed by atoms with Gasteiger partial charge >= 0.3 is 0 Å². The molecule has 1 amide bonds. The lowest BCUT2D eigenvalue weighted by molar-refractivity contribution is 0.0951. The van der Waals surface area contributed by atoms with Crippen LogP contribution in [0.15, 0.2) is 84.2 Å². The Kier molecular flexibility index (Phi) is 5.98. The molecule has 0 aliphatic rings. The smallest absolute Gasteiger partial charge is 0.266 e. The molecule has 0 aliphatic carbocycles. The standard InChI is InChI=1S/C23H20FN5O2/c24-20-7-5-18(6-8-20)21-9-10-22(30)29(27-21)14-12-26-23(31)19-3-1-17(2-4-19)15-28-13-11-25-16-28/h1-11,13,16H,12,14-15H2,(H,26,31). The highest BCUT2D eigenvalue weighted by atomic mass is 19.1. The van der Waals surface area contributed by atoms with Crippen molar-refractivity contribution in [2.24, 2.45) is 0 Å². The van der Waals surface area contributed by atoms with E-state index in [1.54, 1.807) is 42.9 Å². The summed E-state index contributed by atoms with van der Waals surface area (Å²) in [5.74, 6) is -0.563. The minimum atomic E-state index is -0.338. The number of benzene rings is 2. The number of nitrogens with zero attached hydrogens (tertiary/aromatic N) is 4. The molecule has 0 aliphatic heterocycles. The first-order valence-corrected chi connectivity index (χ1v) is 9.75. The van der Waals surface area contributed by atoms with Crippen molar-refractivity contribution in [3.05, 3.63) is 107 Å². The summed E-state index contributed by atoms with van der Waals surface area (Å²) >= 11 is 0. The molecule has 0 spiro atoms. The zero-order chi connectivity index (χ0) is 21.6. The van der Waals surface area contributed by atoms with E-state index in [4.69, 9.17) is 0 Å². The van der Waals surface area contributed by atoms with Gasteiger partial charge in [-0.15, -0.1) is 0 Å². The van der Waals surface area contributed by atoms with Gasteiger partial charge in [0.15, 0.2) is 0 Å². The molecule has 0 atom stereocenters. The van der Waals surface area contributed by atoms with Crippen LogP contribution in [0.5, 0.6) is 0 Å². The SMILES string of the molecule is O=C(NCCn1nc(-c2ccc(F)cc2)ccc1=O)c1ccc(Cn2ccnc2)cc1. The Morgan fingerprint density at radius 3 is 2.48 bits per heavy atom. The number of carbonyl (C=O) groups excluding carboxylic acids is 1. The van der Waals surface area contributed by atoms with E-state index in [9.17, 15) is 14.0 Å². The highest BCUT2D eigenvalue weighted by Crippen LogP contribution is 2.15. The summed E-state index contributed by atoms with van der Waals surface area (Å²) in [5.41, 5.74) is 2.58. The highest BCUT2D eigenvalue weighted by Gasteiger charge is 2.07. The number of hydrogen-bond donors (Lipinski definition) is 1. The molecular formula is C23H20FN5O2. The van der Waals surface area contributed by atoms with Gasteiger partial charge in [-0.25, -0.2) is 14.1 Å². The summed E-state index contributed by atoms with van der Waals surface area (Å²) in [6.07, 6.45) is 5.33. The quantitative estimate of drug-likeness (QED) is 0.501. The van der Waals surface area contributed by atoms with Gasteiger partial charge in [0.05, 0.1) is 18.6 Å². The maximum Gasteiger partial charge on any atom is 0.266 e. The molecule has 2 aromatic carbocycles. The van der Waals surface area contributed by atoms with E-state index in [2.05, 4.69) is 15.4 Å². The first-order valence-electron chi connectivity index (χ1n) is 9.75. The molecule has 0 bridgehead atoms. The minimum Gasteiger partial charge on any atom is -0.350 e. The summed E-state index contributed by atoms with van der Waals surface area (Å²) in [6, 6.07) is 16.2. The van der Waals surface area contributed by atoms with Crippen molar-refractivity contribution >= 4 is 5.91 Å². The second-order valence-corrected chi connectivity index (χ2v) is 6.97. The third kappa shape index (κ3) is 5.11. The van der Waals surface area contributed by atoms with Gasteiger partial charge in [-0.1, -0.05) is 12.1 Å². The second kappa shape index (κ2) is 9.17. The van der Waals surface area contributed by atoms with Crippen LogP contribution in [-0.4, -0.2) is 31.8 Å². The minimum absolute atomic E-state index is 0.221. The Labute approximate surface area is 177 Å². The third-order valence-corrected chi connectivity index (χ3v) is 4.76. The van der Waals surface area contributed by atoms with Crippen LogP contribution in [0.1, 0.15) is 15.9 Å². The average molecular weight is 417 g/mol.